The molecule has 0 spiro atoms. The fraction of sp³-hybridized carbons (Fsp3) is 1.00. The molecule has 0 bridgehead atoms. The minimum Gasteiger partial charge on any atom is -0.726 e. The molecule has 0 aliphatic rings. The normalized spacial score (nSPS) is 11.9. The Balaban J connectivity index is -0.000000372. The van der Waals surface area contributed by atoms with Crippen molar-refractivity contribution in [3.8, 4) is 0 Å². The maximum absolute atomic E-state index is 8.63. The maximum atomic E-state index is 8.63. The highest BCUT2D eigenvalue weighted by Crippen LogP contribution is 2.14. The Morgan fingerprint density at radius 2 is 0.500 bits per heavy atom. The van der Waals surface area contributed by atoms with Gasteiger partial charge in [-0.15, -0.1) is 0 Å². The van der Waals surface area contributed by atoms with Crippen LogP contribution < -0.4 is 0 Å². The monoisotopic (exact) mass is 791 g/mol. The van der Waals surface area contributed by atoms with Crippen molar-refractivity contribution in [2.45, 2.75) is 207 Å². The summed E-state index contributed by atoms with van der Waals surface area (Å²) in [5.41, 5.74) is 0. The molecule has 0 fully saturated rings. The highest BCUT2D eigenvalue weighted by molar-refractivity contribution is 7.80. The molecule has 320 valence electrons. The summed E-state index contributed by atoms with van der Waals surface area (Å²) in [6.45, 7) is 11.0. The molecule has 2 N–H and O–H groups in total. The summed E-state index contributed by atoms with van der Waals surface area (Å²) < 4.78 is 68.0. The maximum Gasteiger partial charge on any atom is 0.215 e. The lowest BCUT2D eigenvalue weighted by Crippen LogP contribution is -2.41. The third kappa shape index (κ3) is 82.9. The topological polar surface area (TPSA) is 155 Å². The highest BCUT2D eigenvalue weighted by atomic mass is 32.3. The summed E-state index contributed by atoms with van der Waals surface area (Å²) in [6, 6.07) is 0. The van der Waals surface area contributed by atoms with E-state index in [0.29, 0.717) is 0 Å². The second kappa shape index (κ2) is 40.3. The number of hydrogen-bond acceptors (Lipinski definition) is 6. The molecule has 52 heavy (non-hydrogen) atoms. The first-order chi connectivity index (χ1) is 24.2. The average Bonchev–Trinajstić information content (AvgIpc) is 3.00. The van der Waals surface area contributed by atoms with E-state index in [1.165, 1.54) is 210 Å². The minimum atomic E-state index is -4.92. The number of unbranched alkanes of at least 4 members (excludes halogenated alkanes) is 26. The smallest absolute Gasteiger partial charge is 0.215 e. The fourth-order valence-corrected chi connectivity index (χ4v) is 6.06. The SMILES string of the molecule is CCCCCCCCCCCC[N+](C)(C)C.CCCCCCCCCCCC[N+](C)(C)CCCCCCCCCCC.O=S(=O)([O-])O.O=S(=O)([O-])O. The van der Waals surface area contributed by atoms with Crippen LogP contribution in [0.3, 0.4) is 0 Å². The van der Waals surface area contributed by atoms with E-state index in [-0.39, 0.29) is 0 Å². The first-order valence-electron chi connectivity index (χ1n) is 21.2. The van der Waals surface area contributed by atoms with Crippen molar-refractivity contribution in [1.82, 2.24) is 0 Å². The molecule has 0 aromatic carbocycles. The second-order valence-corrected chi connectivity index (χ2v) is 18.2. The molecular formula is C40H90N2O8S2. The van der Waals surface area contributed by atoms with Crippen LogP contribution in [0.5, 0.6) is 0 Å². The molecule has 0 aliphatic carbocycles. The van der Waals surface area contributed by atoms with Crippen molar-refractivity contribution >= 4 is 20.8 Å². The van der Waals surface area contributed by atoms with Gasteiger partial charge in [-0.05, 0) is 38.5 Å². The molecule has 0 aromatic heterocycles. The van der Waals surface area contributed by atoms with Crippen LogP contribution in [0.4, 0.5) is 0 Å². The van der Waals surface area contributed by atoms with Crippen LogP contribution in [0.15, 0.2) is 0 Å². The summed E-state index contributed by atoms with van der Waals surface area (Å²) in [4.78, 5) is 0. The summed E-state index contributed by atoms with van der Waals surface area (Å²) in [7, 11) is 1.91. The molecule has 0 aromatic rings. The minimum absolute atomic E-state index is 1.12. The van der Waals surface area contributed by atoms with Gasteiger partial charge in [0.1, 0.15) is 0 Å². The van der Waals surface area contributed by atoms with E-state index >= 15 is 0 Å². The highest BCUT2D eigenvalue weighted by Gasteiger charge is 2.13. The van der Waals surface area contributed by atoms with Gasteiger partial charge in [0.15, 0.2) is 0 Å². The van der Waals surface area contributed by atoms with Gasteiger partial charge in [-0.1, -0.05) is 168 Å². The molecule has 0 unspecified atom stereocenters. The van der Waals surface area contributed by atoms with Crippen LogP contribution in [0.2, 0.25) is 0 Å². The zero-order valence-electron chi connectivity index (χ0n) is 35.7. The van der Waals surface area contributed by atoms with Crippen LogP contribution in [0, 0.1) is 0 Å². The summed E-state index contributed by atoms with van der Waals surface area (Å²) in [5, 5.41) is 0. The quantitative estimate of drug-likeness (QED) is 0.0295. The van der Waals surface area contributed by atoms with E-state index in [0.717, 1.165) is 4.48 Å². The van der Waals surface area contributed by atoms with Gasteiger partial charge in [0.2, 0.25) is 20.8 Å². The Bertz CT molecular complexity index is 863. The standard InChI is InChI=1S/C25H54N.C15H34N.2H2O4S/c1-5-7-9-11-13-15-17-19-21-23-25-26(3,4)24-22-20-18-16-14-12-10-8-6-2;1-5-6-7-8-9-10-11-12-13-14-15-16(2,3)4;2*1-5(2,3)4/h5-25H2,1-4H3;5-15H2,1-4H3;2*(H2,1,2,3,4)/q2*+1;;/p-2. The summed E-state index contributed by atoms with van der Waals surface area (Å²) >= 11 is 0. The van der Waals surface area contributed by atoms with E-state index in [1.807, 2.05) is 0 Å². The third-order valence-corrected chi connectivity index (χ3v) is 9.17. The van der Waals surface area contributed by atoms with Gasteiger partial charge in [-0.3, -0.25) is 9.11 Å². The fourth-order valence-electron chi connectivity index (χ4n) is 6.06. The molecule has 0 rings (SSSR count). The van der Waals surface area contributed by atoms with E-state index in [2.05, 4.69) is 56.0 Å². The molecule has 0 atom stereocenters. The van der Waals surface area contributed by atoms with Crippen LogP contribution in [-0.4, -0.2) is 98.9 Å². The number of rotatable bonds is 32. The van der Waals surface area contributed by atoms with E-state index in [1.54, 1.807) is 0 Å². The summed E-state index contributed by atoms with van der Waals surface area (Å²) in [5.74, 6) is 0. The number of nitrogens with zero attached hydrogens (tertiary/aromatic N) is 2. The zero-order valence-corrected chi connectivity index (χ0v) is 37.3. The first-order valence-corrected chi connectivity index (χ1v) is 23.9. The van der Waals surface area contributed by atoms with E-state index in [9.17, 15) is 0 Å². The van der Waals surface area contributed by atoms with Crippen molar-refractivity contribution in [2.24, 2.45) is 0 Å². The first kappa shape index (κ1) is 58.4. The molecule has 0 radical (unpaired) electrons. The van der Waals surface area contributed by atoms with Gasteiger partial charge >= 0.3 is 0 Å². The van der Waals surface area contributed by atoms with Crippen molar-refractivity contribution in [1.29, 1.82) is 0 Å². The molecule has 0 aliphatic heterocycles. The van der Waals surface area contributed by atoms with Crippen molar-refractivity contribution in [3.05, 3.63) is 0 Å². The number of hydrogen-bond donors (Lipinski definition) is 2. The summed E-state index contributed by atoms with van der Waals surface area (Å²) in [6.07, 6.45) is 41.9. The lowest BCUT2D eigenvalue weighted by atomic mass is 10.1. The van der Waals surface area contributed by atoms with Crippen LogP contribution >= 0.6 is 0 Å². The van der Waals surface area contributed by atoms with Gasteiger partial charge in [-0.2, -0.15) is 0 Å². The van der Waals surface area contributed by atoms with Crippen molar-refractivity contribution in [3.63, 3.8) is 0 Å². The lowest BCUT2D eigenvalue weighted by Gasteiger charge is -2.30. The average molecular weight is 791 g/mol. The van der Waals surface area contributed by atoms with E-state index in [4.69, 9.17) is 35.0 Å². The zero-order chi connectivity index (χ0) is 40.6. The Morgan fingerprint density at radius 3 is 0.673 bits per heavy atom. The van der Waals surface area contributed by atoms with Gasteiger partial charge in [0.05, 0.1) is 54.9 Å². The van der Waals surface area contributed by atoms with Crippen molar-refractivity contribution in [2.75, 3.05) is 54.9 Å². The largest absolute Gasteiger partial charge is 0.726 e. The van der Waals surface area contributed by atoms with Gasteiger partial charge < -0.3 is 18.1 Å². The van der Waals surface area contributed by atoms with Gasteiger partial charge in [0.25, 0.3) is 0 Å². The Hall–Kier alpha value is -0.340. The Labute approximate surface area is 325 Å². The molecule has 12 heteroatoms. The van der Waals surface area contributed by atoms with Gasteiger partial charge in [0, 0.05) is 0 Å². The molecule has 10 nitrogen and oxygen atoms in total. The second-order valence-electron chi connectivity index (χ2n) is 16.4. The molecule has 0 saturated carbocycles. The van der Waals surface area contributed by atoms with Gasteiger partial charge in [-0.25, -0.2) is 16.8 Å². The van der Waals surface area contributed by atoms with E-state index < -0.39 is 20.8 Å². The third-order valence-electron chi connectivity index (χ3n) is 9.17. The molecule has 0 amide bonds. The van der Waals surface area contributed by atoms with Crippen LogP contribution in [-0.2, 0) is 20.8 Å². The van der Waals surface area contributed by atoms with Crippen LogP contribution in [0.1, 0.15) is 207 Å². The molecule has 0 saturated heterocycles. The van der Waals surface area contributed by atoms with Crippen LogP contribution in [0.25, 0.3) is 0 Å². The van der Waals surface area contributed by atoms with Crippen molar-refractivity contribution < 1.29 is 44.0 Å². The molecule has 0 heterocycles. The lowest BCUT2D eigenvalue weighted by molar-refractivity contribution is -0.890. The molecular weight excluding hydrogens is 701 g/mol. The predicted octanol–water partition coefficient (Wildman–Crippen LogP) is 11.1. The Kier molecular flexibility index (Phi) is 45.3. The predicted molar refractivity (Wildman–Crippen MR) is 220 cm³/mol. The number of quaternary nitrogens is 2. The Morgan fingerprint density at radius 1 is 0.346 bits per heavy atom.